The van der Waals surface area contributed by atoms with Gasteiger partial charge in [-0.2, -0.15) is 0 Å². The summed E-state index contributed by atoms with van der Waals surface area (Å²) in [4.78, 5) is 16.1. The second kappa shape index (κ2) is 7.27. The van der Waals surface area contributed by atoms with Gasteiger partial charge < -0.3 is 5.32 Å². The van der Waals surface area contributed by atoms with E-state index in [0.717, 1.165) is 13.1 Å². The van der Waals surface area contributed by atoms with Gasteiger partial charge in [-0.3, -0.25) is 9.69 Å². The summed E-state index contributed by atoms with van der Waals surface area (Å²) in [6.07, 6.45) is 2.49. The van der Waals surface area contributed by atoms with Crippen molar-refractivity contribution < 1.29 is 4.79 Å². The predicted octanol–water partition coefficient (Wildman–Crippen LogP) is 3.97. The Morgan fingerprint density at radius 3 is 2.59 bits per heavy atom. The highest BCUT2D eigenvalue weighted by Crippen LogP contribution is 2.27. The summed E-state index contributed by atoms with van der Waals surface area (Å²) in [6.45, 7) is 2.86. The van der Waals surface area contributed by atoms with E-state index in [-0.39, 0.29) is 11.9 Å². The lowest BCUT2D eigenvalue weighted by Gasteiger charge is -2.26. The lowest BCUT2D eigenvalue weighted by atomic mass is 10.2. The van der Waals surface area contributed by atoms with Gasteiger partial charge in [-0.15, -0.1) is 11.3 Å². The van der Waals surface area contributed by atoms with Crippen molar-refractivity contribution in [3.63, 3.8) is 0 Å². The summed E-state index contributed by atoms with van der Waals surface area (Å²) in [5.74, 6) is -0.0441. The molecule has 1 atom stereocenters. The summed E-state index contributed by atoms with van der Waals surface area (Å²) in [5, 5.41) is 5.81. The standard InChI is InChI=1S/C17H19ClN2OS/c18-14-7-5-13(6-8-14)17(21)19-12-15(16-4-3-11-22-16)20-9-1-2-10-20/h3-8,11,15H,1-2,9-10,12H2,(H,19,21)/t15-/m0/s1. The first-order chi connectivity index (χ1) is 10.7. The minimum atomic E-state index is -0.0441. The van der Waals surface area contributed by atoms with Crippen LogP contribution >= 0.6 is 22.9 Å². The van der Waals surface area contributed by atoms with Crippen molar-refractivity contribution in [2.24, 2.45) is 0 Å². The molecule has 5 heteroatoms. The van der Waals surface area contributed by atoms with Crippen molar-refractivity contribution in [3.05, 3.63) is 57.2 Å². The smallest absolute Gasteiger partial charge is 0.251 e. The zero-order valence-electron chi connectivity index (χ0n) is 12.3. The predicted molar refractivity (Wildman–Crippen MR) is 91.7 cm³/mol. The number of thiophene rings is 1. The van der Waals surface area contributed by atoms with Crippen LogP contribution in [0, 0.1) is 0 Å². The molecular weight excluding hydrogens is 316 g/mol. The number of carbonyl (C=O) groups is 1. The Labute approximate surface area is 139 Å². The van der Waals surface area contributed by atoms with E-state index in [1.54, 1.807) is 35.6 Å². The van der Waals surface area contributed by atoms with E-state index in [1.807, 2.05) is 0 Å². The Hall–Kier alpha value is -1.36. The molecule has 3 nitrogen and oxygen atoms in total. The fraction of sp³-hybridized carbons (Fsp3) is 0.353. The fourth-order valence-electron chi connectivity index (χ4n) is 2.84. The molecule has 2 aromatic rings. The molecule has 1 fully saturated rings. The van der Waals surface area contributed by atoms with Crippen LogP contribution in [0.3, 0.4) is 0 Å². The minimum Gasteiger partial charge on any atom is -0.350 e. The summed E-state index contributed by atoms with van der Waals surface area (Å²) in [5.41, 5.74) is 0.649. The van der Waals surface area contributed by atoms with Crippen molar-refractivity contribution in [1.82, 2.24) is 10.2 Å². The third-order valence-corrected chi connectivity index (χ3v) is 5.24. The molecule has 2 heterocycles. The van der Waals surface area contributed by atoms with Gasteiger partial charge in [0.25, 0.3) is 5.91 Å². The second-order valence-corrected chi connectivity index (χ2v) is 6.91. The fourth-order valence-corrected chi connectivity index (χ4v) is 3.82. The zero-order valence-corrected chi connectivity index (χ0v) is 13.9. The first-order valence-corrected chi connectivity index (χ1v) is 8.81. The number of benzene rings is 1. The number of likely N-dealkylation sites (tertiary alicyclic amines) is 1. The van der Waals surface area contributed by atoms with E-state index in [0.29, 0.717) is 17.1 Å². The van der Waals surface area contributed by atoms with E-state index in [1.165, 1.54) is 17.7 Å². The lowest BCUT2D eigenvalue weighted by Crippen LogP contribution is -2.36. The third kappa shape index (κ3) is 3.69. The van der Waals surface area contributed by atoms with Crippen LogP contribution in [0.5, 0.6) is 0 Å². The van der Waals surface area contributed by atoms with Crippen LogP contribution in [0.1, 0.15) is 34.1 Å². The van der Waals surface area contributed by atoms with Gasteiger partial charge in [-0.1, -0.05) is 17.7 Å². The van der Waals surface area contributed by atoms with Crippen molar-refractivity contribution in [2.75, 3.05) is 19.6 Å². The Morgan fingerprint density at radius 1 is 1.23 bits per heavy atom. The molecule has 0 unspecified atom stereocenters. The number of amides is 1. The first-order valence-electron chi connectivity index (χ1n) is 7.55. The molecule has 116 valence electrons. The lowest BCUT2D eigenvalue weighted by molar-refractivity contribution is 0.0938. The van der Waals surface area contributed by atoms with Gasteiger partial charge in [0.05, 0.1) is 6.04 Å². The van der Waals surface area contributed by atoms with E-state index in [2.05, 4.69) is 27.7 Å². The van der Waals surface area contributed by atoms with Crippen molar-refractivity contribution in [3.8, 4) is 0 Å². The molecule has 22 heavy (non-hydrogen) atoms. The highest BCUT2D eigenvalue weighted by Gasteiger charge is 2.24. The van der Waals surface area contributed by atoms with Crippen LogP contribution in [0.25, 0.3) is 0 Å². The molecule has 1 saturated heterocycles. The molecule has 1 amide bonds. The normalized spacial score (nSPS) is 16.6. The maximum Gasteiger partial charge on any atom is 0.251 e. The van der Waals surface area contributed by atoms with Gasteiger partial charge in [0.2, 0.25) is 0 Å². The number of rotatable bonds is 5. The Morgan fingerprint density at radius 2 is 1.95 bits per heavy atom. The summed E-state index contributed by atoms with van der Waals surface area (Å²) < 4.78 is 0. The van der Waals surface area contributed by atoms with E-state index in [4.69, 9.17) is 11.6 Å². The van der Waals surface area contributed by atoms with Crippen LogP contribution in [0.4, 0.5) is 0 Å². The number of halogens is 1. The molecular formula is C17H19ClN2OS. The molecule has 1 aliphatic heterocycles. The Bertz CT molecular complexity index is 606. The topological polar surface area (TPSA) is 32.3 Å². The zero-order chi connectivity index (χ0) is 15.4. The molecule has 0 bridgehead atoms. The SMILES string of the molecule is O=C(NC[C@@H](c1cccs1)N1CCCC1)c1ccc(Cl)cc1. The van der Waals surface area contributed by atoms with Gasteiger partial charge in [-0.05, 0) is 61.6 Å². The second-order valence-electron chi connectivity index (χ2n) is 5.49. The molecule has 1 aromatic heterocycles. The van der Waals surface area contributed by atoms with Gasteiger partial charge in [0.15, 0.2) is 0 Å². The minimum absolute atomic E-state index is 0.0441. The van der Waals surface area contributed by atoms with Crippen LogP contribution < -0.4 is 5.32 Å². The molecule has 0 aliphatic carbocycles. The van der Waals surface area contributed by atoms with Crippen LogP contribution in [-0.4, -0.2) is 30.4 Å². The number of hydrogen-bond acceptors (Lipinski definition) is 3. The molecule has 1 aromatic carbocycles. The highest BCUT2D eigenvalue weighted by molar-refractivity contribution is 7.10. The van der Waals surface area contributed by atoms with Crippen molar-refractivity contribution in [1.29, 1.82) is 0 Å². The Kier molecular flexibility index (Phi) is 5.13. The summed E-state index contributed by atoms with van der Waals surface area (Å²) in [7, 11) is 0. The number of nitrogens with one attached hydrogen (secondary N) is 1. The average molecular weight is 335 g/mol. The van der Waals surface area contributed by atoms with Crippen LogP contribution in [0.2, 0.25) is 5.02 Å². The average Bonchev–Trinajstić information content (AvgIpc) is 3.22. The first kappa shape index (κ1) is 15.5. The molecule has 1 N–H and O–H groups in total. The molecule has 0 radical (unpaired) electrons. The van der Waals surface area contributed by atoms with Crippen molar-refractivity contribution >= 4 is 28.8 Å². The van der Waals surface area contributed by atoms with E-state index >= 15 is 0 Å². The number of carbonyl (C=O) groups excluding carboxylic acids is 1. The largest absolute Gasteiger partial charge is 0.350 e. The molecule has 3 rings (SSSR count). The van der Waals surface area contributed by atoms with Gasteiger partial charge >= 0.3 is 0 Å². The van der Waals surface area contributed by atoms with Gasteiger partial charge in [0, 0.05) is 22.0 Å². The molecule has 0 saturated carbocycles. The monoisotopic (exact) mass is 334 g/mol. The third-order valence-electron chi connectivity index (χ3n) is 4.02. The van der Waals surface area contributed by atoms with Crippen molar-refractivity contribution in [2.45, 2.75) is 18.9 Å². The summed E-state index contributed by atoms with van der Waals surface area (Å²) >= 11 is 7.62. The van der Waals surface area contributed by atoms with Gasteiger partial charge in [-0.25, -0.2) is 0 Å². The quantitative estimate of drug-likeness (QED) is 0.897. The van der Waals surface area contributed by atoms with Crippen LogP contribution in [0.15, 0.2) is 41.8 Å². The van der Waals surface area contributed by atoms with E-state index in [9.17, 15) is 4.79 Å². The van der Waals surface area contributed by atoms with Crippen LogP contribution in [-0.2, 0) is 0 Å². The number of hydrogen-bond donors (Lipinski definition) is 1. The molecule has 1 aliphatic rings. The maximum atomic E-state index is 12.3. The molecule has 0 spiro atoms. The maximum absolute atomic E-state index is 12.3. The summed E-state index contributed by atoms with van der Waals surface area (Å²) in [6, 6.07) is 11.5. The van der Waals surface area contributed by atoms with E-state index < -0.39 is 0 Å². The highest BCUT2D eigenvalue weighted by atomic mass is 35.5. The Balaban J connectivity index is 1.66. The van der Waals surface area contributed by atoms with Gasteiger partial charge in [0.1, 0.15) is 0 Å². The number of nitrogens with zero attached hydrogens (tertiary/aromatic N) is 1.